The molecule has 0 saturated carbocycles. The van der Waals surface area contributed by atoms with E-state index in [0.717, 1.165) is 0 Å². The smallest absolute Gasteiger partial charge is 0.375 e. The topological polar surface area (TPSA) is 138 Å². The van der Waals surface area contributed by atoms with Crippen LogP contribution in [0.5, 0.6) is 0 Å². The molecular weight excluding hydrogens is 394 g/mol. The van der Waals surface area contributed by atoms with Crippen LogP contribution in [0.3, 0.4) is 0 Å². The average molecular weight is 407 g/mol. The van der Waals surface area contributed by atoms with E-state index in [-0.39, 0.29) is 28.6 Å². The molecule has 1 unspecified atom stereocenters. The highest BCUT2D eigenvalue weighted by Gasteiger charge is 2.45. The largest absolute Gasteiger partial charge is 0.477 e. The highest BCUT2D eigenvalue weighted by molar-refractivity contribution is 8.01. The number of fused-ring (bicyclic) bond motifs is 2. The summed E-state index contributed by atoms with van der Waals surface area (Å²) in [6.45, 7) is 1.75. The number of aryl methyl sites for hydroxylation is 1. The van der Waals surface area contributed by atoms with Crippen LogP contribution in [0.25, 0.3) is 5.78 Å². The number of carbonyl (C=O) groups is 3. The van der Waals surface area contributed by atoms with Gasteiger partial charge >= 0.3 is 11.9 Å². The Hall–Kier alpha value is -2.60. The Morgan fingerprint density at radius 1 is 1.33 bits per heavy atom. The Labute approximate surface area is 160 Å². The summed E-state index contributed by atoms with van der Waals surface area (Å²) in [5, 5.41) is 23.1. The molecule has 1 atom stereocenters. The van der Waals surface area contributed by atoms with Crippen molar-refractivity contribution in [2.75, 3.05) is 11.5 Å². The maximum atomic E-state index is 11.8. The van der Waals surface area contributed by atoms with Gasteiger partial charge in [-0.15, -0.1) is 28.6 Å². The number of aromatic nitrogens is 4. The van der Waals surface area contributed by atoms with Gasteiger partial charge in [-0.3, -0.25) is 9.69 Å². The molecule has 2 aliphatic heterocycles. The van der Waals surface area contributed by atoms with E-state index in [9.17, 15) is 19.5 Å². The average Bonchev–Trinajstić information content (AvgIpc) is 3.02. The van der Waals surface area contributed by atoms with E-state index in [4.69, 9.17) is 5.11 Å². The molecule has 140 valence electrons. The summed E-state index contributed by atoms with van der Waals surface area (Å²) < 4.78 is 1.33. The van der Waals surface area contributed by atoms with Crippen molar-refractivity contribution >= 4 is 47.1 Å². The van der Waals surface area contributed by atoms with Crippen molar-refractivity contribution in [3.05, 3.63) is 28.9 Å². The van der Waals surface area contributed by atoms with E-state index >= 15 is 0 Å². The molecule has 1 amide bonds. The minimum Gasteiger partial charge on any atom is -0.477 e. The molecule has 1 fully saturated rings. The second-order valence-corrected chi connectivity index (χ2v) is 8.13. The van der Waals surface area contributed by atoms with E-state index in [1.807, 2.05) is 0 Å². The number of nitrogens with zero attached hydrogens (tertiary/aromatic N) is 5. The molecule has 2 aromatic rings. The molecule has 2 N–H and O–H groups in total. The third kappa shape index (κ3) is 3.04. The van der Waals surface area contributed by atoms with Crippen LogP contribution >= 0.6 is 23.5 Å². The van der Waals surface area contributed by atoms with E-state index in [1.165, 1.54) is 21.2 Å². The predicted molar refractivity (Wildman–Crippen MR) is 95.6 cm³/mol. The van der Waals surface area contributed by atoms with Gasteiger partial charge in [0.15, 0.2) is 0 Å². The number of hydrogen-bond donors (Lipinski definition) is 2. The van der Waals surface area contributed by atoms with Crippen molar-refractivity contribution in [1.29, 1.82) is 0 Å². The Morgan fingerprint density at radius 2 is 2.11 bits per heavy atom. The number of carbonyl (C=O) groups excluding carboxylic acids is 1. The fraction of sp³-hybridized carbons (Fsp3) is 0.333. The molecule has 2 aliphatic rings. The Bertz CT molecular complexity index is 1030. The number of hydrogen-bond acceptors (Lipinski definition) is 8. The third-order valence-corrected chi connectivity index (χ3v) is 6.48. The zero-order chi connectivity index (χ0) is 19.3. The summed E-state index contributed by atoms with van der Waals surface area (Å²) in [6.07, 6.45) is 0.364. The molecule has 0 bridgehead atoms. The van der Waals surface area contributed by atoms with Crippen LogP contribution in [0, 0.1) is 6.92 Å². The highest BCUT2D eigenvalue weighted by Crippen LogP contribution is 2.41. The number of β-lactam (4-membered cyclic amide) rings is 1. The van der Waals surface area contributed by atoms with Crippen molar-refractivity contribution in [2.45, 2.75) is 23.7 Å². The number of aromatic carboxylic acids is 1. The number of carboxylic acid groups (broad SMARTS) is 2. The summed E-state index contributed by atoms with van der Waals surface area (Å²) in [5.41, 5.74) is 1.33. The summed E-state index contributed by atoms with van der Waals surface area (Å²) in [6, 6.07) is 1.73. The maximum absolute atomic E-state index is 11.8. The van der Waals surface area contributed by atoms with Crippen LogP contribution in [0.15, 0.2) is 22.4 Å². The Balaban J connectivity index is 1.66. The molecule has 0 radical (unpaired) electrons. The van der Waals surface area contributed by atoms with E-state index in [2.05, 4.69) is 15.1 Å². The molecule has 10 nitrogen and oxygen atoms in total. The van der Waals surface area contributed by atoms with Crippen molar-refractivity contribution in [2.24, 2.45) is 0 Å². The van der Waals surface area contributed by atoms with E-state index in [0.29, 0.717) is 34.2 Å². The van der Waals surface area contributed by atoms with Crippen molar-refractivity contribution in [3.8, 4) is 0 Å². The number of aliphatic carboxylic acids is 1. The van der Waals surface area contributed by atoms with Crippen LogP contribution < -0.4 is 0 Å². The molecular formula is C15H13N5O5S2. The molecule has 4 rings (SSSR count). The van der Waals surface area contributed by atoms with E-state index in [1.54, 1.807) is 24.8 Å². The van der Waals surface area contributed by atoms with Gasteiger partial charge in [0.2, 0.25) is 5.91 Å². The molecule has 0 aromatic carbocycles. The second kappa shape index (κ2) is 6.53. The first kappa shape index (κ1) is 17.8. The molecule has 2 aromatic heterocycles. The van der Waals surface area contributed by atoms with Crippen LogP contribution in [0.2, 0.25) is 0 Å². The summed E-state index contributed by atoms with van der Waals surface area (Å²) >= 11 is 2.84. The fourth-order valence-corrected chi connectivity index (χ4v) is 5.35. The maximum Gasteiger partial charge on any atom is 0.375 e. The van der Waals surface area contributed by atoms with Crippen molar-refractivity contribution < 1.29 is 24.6 Å². The van der Waals surface area contributed by atoms with Crippen LogP contribution in [-0.2, 0) is 9.59 Å². The second-order valence-electron chi connectivity index (χ2n) is 5.97. The van der Waals surface area contributed by atoms with Crippen LogP contribution in [-0.4, -0.2) is 69.4 Å². The summed E-state index contributed by atoms with van der Waals surface area (Å²) in [5.74, 6) is -1.90. The highest BCUT2D eigenvalue weighted by atomic mass is 32.2. The number of amides is 1. The molecule has 0 spiro atoms. The molecule has 0 aliphatic carbocycles. The lowest BCUT2D eigenvalue weighted by Gasteiger charge is -2.44. The fourth-order valence-electron chi connectivity index (χ4n) is 2.90. The molecule has 27 heavy (non-hydrogen) atoms. The lowest BCUT2D eigenvalue weighted by molar-refractivity contribution is -0.146. The zero-order valence-corrected chi connectivity index (χ0v) is 15.6. The first-order chi connectivity index (χ1) is 12.8. The van der Waals surface area contributed by atoms with Gasteiger partial charge in [0.05, 0.1) is 11.8 Å². The van der Waals surface area contributed by atoms with Crippen molar-refractivity contribution in [3.63, 3.8) is 0 Å². The number of rotatable bonds is 5. The lowest BCUT2D eigenvalue weighted by Crippen LogP contribution is -2.54. The van der Waals surface area contributed by atoms with Gasteiger partial charge in [-0.25, -0.2) is 14.6 Å². The molecule has 12 heteroatoms. The van der Waals surface area contributed by atoms with Gasteiger partial charge < -0.3 is 10.2 Å². The van der Waals surface area contributed by atoms with Gasteiger partial charge in [-0.05, 0) is 18.6 Å². The van der Waals surface area contributed by atoms with Gasteiger partial charge in [0.1, 0.15) is 10.7 Å². The number of carboxylic acids is 2. The van der Waals surface area contributed by atoms with Crippen molar-refractivity contribution in [1.82, 2.24) is 24.5 Å². The van der Waals surface area contributed by atoms with E-state index < -0.39 is 11.9 Å². The van der Waals surface area contributed by atoms with Gasteiger partial charge in [0.25, 0.3) is 11.6 Å². The molecule has 4 heterocycles. The molecule has 1 saturated heterocycles. The summed E-state index contributed by atoms with van der Waals surface area (Å²) in [7, 11) is 0. The van der Waals surface area contributed by atoms with Gasteiger partial charge in [-0.2, -0.15) is 9.50 Å². The lowest BCUT2D eigenvalue weighted by atomic mass is 10.1. The quantitative estimate of drug-likeness (QED) is 0.417. The minimum absolute atomic E-state index is 0.0503. The zero-order valence-electron chi connectivity index (χ0n) is 13.9. The van der Waals surface area contributed by atoms with Crippen LogP contribution in [0.1, 0.15) is 22.7 Å². The summed E-state index contributed by atoms with van der Waals surface area (Å²) in [4.78, 5) is 44.0. The number of thioether (sulfide) groups is 2. The van der Waals surface area contributed by atoms with Crippen LogP contribution in [0.4, 0.5) is 0 Å². The van der Waals surface area contributed by atoms with Gasteiger partial charge in [0, 0.05) is 17.2 Å². The van der Waals surface area contributed by atoms with Gasteiger partial charge in [-0.1, -0.05) is 0 Å². The SMILES string of the molecule is Cc1cc(SCC2=C(C(=O)O)N3C(=O)CC3SC2)n2nc(C(=O)O)nc2n1. The normalized spacial score (nSPS) is 19.2. The first-order valence-electron chi connectivity index (χ1n) is 7.84. The Morgan fingerprint density at radius 3 is 2.78 bits per heavy atom. The monoisotopic (exact) mass is 407 g/mol. The predicted octanol–water partition coefficient (Wildman–Crippen LogP) is 0.867. The first-order valence-corrected chi connectivity index (χ1v) is 9.88. The third-order valence-electron chi connectivity index (χ3n) is 4.13. The Kier molecular flexibility index (Phi) is 4.30. The minimum atomic E-state index is -1.25. The standard InChI is InChI=1S/C15H13N5O5S2/c1-6-2-10(20-15(16-6)17-12(18-20)14(24)25)27-5-7-4-26-9-3-8(21)19(9)11(7)13(22)23/h2,9H,3-5H2,1H3,(H,22,23)(H,24,25).